The Morgan fingerprint density at radius 1 is 1.33 bits per heavy atom. The maximum Gasteiger partial charge on any atom is 0.257 e. The number of hydrogen-bond donors (Lipinski definition) is 1. The fourth-order valence-corrected chi connectivity index (χ4v) is 3.13. The van der Waals surface area contributed by atoms with Gasteiger partial charge in [0.05, 0.1) is 11.3 Å². The summed E-state index contributed by atoms with van der Waals surface area (Å²) in [4.78, 5) is 19.0. The lowest BCUT2D eigenvalue weighted by Crippen LogP contribution is -2.42. The van der Waals surface area contributed by atoms with Gasteiger partial charge in [-0.15, -0.1) is 0 Å². The number of likely N-dealkylation sites (tertiary alicyclic amines) is 1. The minimum Gasteiger partial charge on any atom is -0.367 e. The second kappa shape index (κ2) is 7.47. The topological polar surface area (TPSA) is 63.1 Å². The van der Waals surface area contributed by atoms with Crippen LogP contribution in [0, 0.1) is 6.92 Å². The van der Waals surface area contributed by atoms with Crippen molar-refractivity contribution in [3.63, 3.8) is 0 Å². The van der Waals surface area contributed by atoms with E-state index in [0.717, 1.165) is 56.0 Å². The zero-order valence-electron chi connectivity index (χ0n) is 14.4. The molecule has 1 aliphatic rings. The lowest BCUT2D eigenvalue weighted by atomic mass is 10.0. The van der Waals surface area contributed by atoms with E-state index in [1.165, 1.54) is 0 Å². The SMILES string of the molecule is CCCn1cc(C(=O)N2CCC(Nc3ccccn3)CC2)c(C)n1. The quantitative estimate of drug-likeness (QED) is 0.917. The Labute approximate surface area is 142 Å². The fraction of sp³-hybridized carbons (Fsp3) is 0.500. The van der Waals surface area contributed by atoms with E-state index in [9.17, 15) is 4.79 Å². The smallest absolute Gasteiger partial charge is 0.257 e. The van der Waals surface area contributed by atoms with Gasteiger partial charge in [0.1, 0.15) is 5.82 Å². The number of rotatable bonds is 5. The number of aromatic nitrogens is 3. The van der Waals surface area contributed by atoms with Crippen molar-refractivity contribution >= 4 is 11.7 Å². The Balaban J connectivity index is 1.57. The molecule has 0 atom stereocenters. The largest absolute Gasteiger partial charge is 0.367 e. The van der Waals surface area contributed by atoms with Crippen molar-refractivity contribution in [3.8, 4) is 0 Å². The third kappa shape index (κ3) is 3.75. The van der Waals surface area contributed by atoms with Gasteiger partial charge in [0.2, 0.25) is 0 Å². The van der Waals surface area contributed by atoms with E-state index in [0.29, 0.717) is 6.04 Å². The van der Waals surface area contributed by atoms with Crippen LogP contribution in [0.4, 0.5) is 5.82 Å². The third-order valence-electron chi connectivity index (χ3n) is 4.43. The van der Waals surface area contributed by atoms with Gasteiger partial charge < -0.3 is 10.2 Å². The number of carbonyl (C=O) groups is 1. The van der Waals surface area contributed by atoms with E-state index < -0.39 is 0 Å². The summed E-state index contributed by atoms with van der Waals surface area (Å²) in [5.41, 5.74) is 1.56. The molecule has 0 aliphatic carbocycles. The standard InChI is InChI=1S/C18H25N5O/c1-3-10-23-13-16(14(2)21-23)18(24)22-11-7-15(8-12-22)20-17-6-4-5-9-19-17/h4-6,9,13,15H,3,7-8,10-12H2,1-2H3,(H,19,20). The first-order chi connectivity index (χ1) is 11.7. The van der Waals surface area contributed by atoms with Gasteiger partial charge in [-0.05, 0) is 38.3 Å². The molecular weight excluding hydrogens is 302 g/mol. The highest BCUT2D eigenvalue weighted by atomic mass is 16.2. The molecule has 0 bridgehead atoms. The van der Waals surface area contributed by atoms with Crippen LogP contribution in [0.2, 0.25) is 0 Å². The number of hydrogen-bond acceptors (Lipinski definition) is 4. The summed E-state index contributed by atoms with van der Waals surface area (Å²) in [7, 11) is 0. The number of pyridine rings is 1. The third-order valence-corrected chi connectivity index (χ3v) is 4.43. The van der Waals surface area contributed by atoms with E-state index in [1.807, 2.05) is 40.9 Å². The highest BCUT2D eigenvalue weighted by Gasteiger charge is 2.25. The summed E-state index contributed by atoms with van der Waals surface area (Å²) in [5.74, 6) is 1.00. The Hall–Kier alpha value is -2.37. The molecule has 128 valence electrons. The van der Waals surface area contributed by atoms with Crippen LogP contribution >= 0.6 is 0 Å². The highest BCUT2D eigenvalue weighted by molar-refractivity contribution is 5.95. The molecule has 0 spiro atoms. The molecule has 24 heavy (non-hydrogen) atoms. The van der Waals surface area contributed by atoms with E-state index >= 15 is 0 Å². The van der Waals surface area contributed by atoms with Gasteiger partial charge in [-0.2, -0.15) is 5.10 Å². The maximum atomic E-state index is 12.7. The van der Waals surface area contributed by atoms with Crippen LogP contribution in [0.5, 0.6) is 0 Å². The summed E-state index contributed by atoms with van der Waals surface area (Å²) in [6, 6.07) is 6.23. The number of nitrogens with zero attached hydrogens (tertiary/aromatic N) is 4. The molecule has 0 radical (unpaired) electrons. The van der Waals surface area contributed by atoms with Crippen molar-refractivity contribution in [1.82, 2.24) is 19.7 Å². The van der Waals surface area contributed by atoms with Crippen LogP contribution in [0.1, 0.15) is 42.2 Å². The summed E-state index contributed by atoms with van der Waals surface area (Å²) >= 11 is 0. The molecule has 0 unspecified atom stereocenters. The molecule has 0 aromatic carbocycles. The molecular formula is C18H25N5O. The molecule has 3 heterocycles. The lowest BCUT2D eigenvalue weighted by Gasteiger charge is -2.32. The van der Waals surface area contributed by atoms with Crippen LogP contribution in [0.15, 0.2) is 30.6 Å². The first kappa shape index (κ1) is 16.5. The van der Waals surface area contributed by atoms with Gasteiger partial charge in [-0.1, -0.05) is 13.0 Å². The first-order valence-corrected chi connectivity index (χ1v) is 8.68. The number of amides is 1. The number of anilines is 1. The van der Waals surface area contributed by atoms with Crippen LogP contribution in [0.3, 0.4) is 0 Å². The zero-order chi connectivity index (χ0) is 16.9. The Morgan fingerprint density at radius 2 is 2.12 bits per heavy atom. The number of aryl methyl sites for hydroxylation is 2. The fourth-order valence-electron chi connectivity index (χ4n) is 3.13. The van der Waals surface area contributed by atoms with E-state index in [4.69, 9.17) is 0 Å². The molecule has 1 fully saturated rings. The summed E-state index contributed by atoms with van der Waals surface area (Å²) < 4.78 is 1.87. The van der Waals surface area contributed by atoms with E-state index in [2.05, 4.69) is 22.3 Å². The van der Waals surface area contributed by atoms with Gasteiger partial charge in [0.15, 0.2) is 0 Å². The van der Waals surface area contributed by atoms with Crippen LogP contribution < -0.4 is 5.32 Å². The molecule has 6 nitrogen and oxygen atoms in total. The average molecular weight is 327 g/mol. The predicted octanol–water partition coefficient (Wildman–Crippen LogP) is 2.71. The highest BCUT2D eigenvalue weighted by Crippen LogP contribution is 2.18. The molecule has 3 rings (SSSR count). The van der Waals surface area contributed by atoms with Gasteiger partial charge >= 0.3 is 0 Å². The van der Waals surface area contributed by atoms with Crippen LogP contribution in [-0.2, 0) is 6.54 Å². The second-order valence-electron chi connectivity index (χ2n) is 6.32. The van der Waals surface area contributed by atoms with E-state index in [1.54, 1.807) is 6.20 Å². The van der Waals surface area contributed by atoms with Crippen LogP contribution in [0.25, 0.3) is 0 Å². The van der Waals surface area contributed by atoms with Crippen molar-refractivity contribution in [2.45, 2.75) is 45.7 Å². The van der Waals surface area contributed by atoms with Crippen molar-refractivity contribution < 1.29 is 4.79 Å². The first-order valence-electron chi connectivity index (χ1n) is 8.68. The Bertz CT molecular complexity index is 674. The molecule has 2 aromatic heterocycles. The maximum absolute atomic E-state index is 12.7. The predicted molar refractivity (Wildman–Crippen MR) is 94.0 cm³/mol. The number of nitrogens with one attached hydrogen (secondary N) is 1. The monoisotopic (exact) mass is 327 g/mol. The number of carbonyl (C=O) groups excluding carboxylic acids is 1. The minimum absolute atomic E-state index is 0.103. The Kier molecular flexibility index (Phi) is 5.13. The molecule has 1 saturated heterocycles. The normalized spacial score (nSPS) is 15.5. The summed E-state index contributed by atoms with van der Waals surface area (Å²) in [6.45, 7) is 6.40. The summed E-state index contributed by atoms with van der Waals surface area (Å²) in [5, 5.41) is 7.88. The van der Waals surface area contributed by atoms with Gasteiger partial charge in [-0.3, -0.25) is 9.48 Å². The van der Waals surface area contributed by atoms with Gasteiger partial charge in [-0.25, -0.2) is 4.98 Å². The zero-order valence-corrected chi connectivity index (χ0v) is 14.4. The molecule has 6 heteroatoms. The van der Waals surface area contributed by atoms with Crippen molar-refractivity contribution in [1.29, 1.82) is 0 Å². The molecule has 1 amide bonds. The lowest BCUT2D eigenvalue weighted by molar-refractivity contribution is 0.0717. The number of piperidine rings is 1. The Morgan fingerprint density at radius 3 is 2.79 bits per heavy atom. The minimum atomic E-state index is 0.103. The van der Waals surface area contributed by atoms with Crippen LogP contribution in [-0.4, -0.2) is 44.7 Å². The average Bonchev–Trinajstić information content (AvgIpc) is 2.97. The second-order valence-corrected chi connectivity index (χ2v) is 6.32. The van der Waals surface area contributed by atoms with Gasteiger partial charge in [0, 0.05) is 38.1 Å². The summed E-state index contributed by atoms with van der Waals surface area (Å²) in [6.07, 6.45) is 6.56. The van der Waals surface area contributed by atoms with Gasteiger partial charge in [0.25, 0.3) is 5.91 Å². The molecule has 1 aliphatic heterocycles. The molecule has 1 N–H and O–H groups in total. The molecule has 0 saturated carbocycles. The van der Waals surface area contributed by atoms with Crippen molar-refractivity contribution in [2.24, 2.45) is 0 Å². The van der Waals surface area contributed by atoms with E-state index in [-0.39, 0.29) is 5.91 Å². The molecule has 2 aromatic rings. The van der Waals surface area contributed by atoms with Crippen molar-refractivity contribution in [2.75, 3.05) is 18.4 Å². The van der Waals surface area contributed by atoms with Crippen molar-refractivity contribution in [3.05, 3.63) is 41.9 Å².